The van der Waals surface area contributed by atoms with Gasteiger partial charge < -0.3 is 4.90 Å². The molecule has 2 aliphatic rings. The predicted octanol–water partition coefficient (Wildman–Crippen LogP) is 3.63. The van der Waals surface area contributed by atoms with Gasteiger partial charge in [-0.25, -0.2) is 4.39 Å². The van der Waals surface area contributed by atoms with Gasteiger partial charge in [-0.3, -0.25) is 4.79 Å². The summed E-state index contributed by atoms with van der Waals surface area (Å²) in [4.78, 5) is 14.2. The van der Waals surface area contributed by atoms with Crippen LogP contribution >= 0.6 is 0 Å². The molecule has 0 bridgehead atoms. The van der Waals surface area contributed by atoms with Crippen molar-refractivity contribution in [2.24, 2.45) is 5.92 Å². The van der Waals surface area contributed by atoms with Crippen molar-refractivity contribution in [1.82, 2.24) is 4.90 Å². The topological polar surface area (TPSA) is 20.3 Å². The first-order valence-corrected chi connectivity index (χ1v) is 7.46. The monoisotopic (exact) mass is 273 g/mol. The zero-order valence-corrected chi connectivity index (χ0v) is 11.6. The highest BCUT2D eigenvalue weighted by Crippen LogP contribution is 2.34. The van der Waals surface area contributed by atoms with Gasteiger partial charge in [0.2, 0.25) is 5.91 Å². The first-order valence-electron chi connectivity index (χ1n) is 7.46. The lowest BCUT2D eigenvalue weighted by atomic mass is 10.1. The van der Waals surface area contributed by atoms with Crippen LogP contribution in [0.4, 0.5) is 4.39 Å². The second-order valence-electron chi connectivity index (χ2n) is 5.79. The lowest BCUT2D eigenvalue weighted by Crippen LogP contribution is -2.36. The molecule has 3 rings (SSSR count). The molecule has 0 aromatic heterocycles. The molecule has 106 valence electrons. The molecule has 0 N–H and O–H groups in total. The predicted molar refractivity (Wildman–Crippen MR) is 77.5 cm³/mol. The van der Waals surface area contributed by atoms with Crippen LogP contribution in [0.3, 0.4) is 0 Å². The number of halogens is 1. The highest BCUT2D eigenvalue weighted by Gasteiger charge is 2.37. The van der Waals surface area contributed by atoms with Crippen molar-refractivity contribution >= 4 is 12.0 Å². The van der Waals surface area contributed by atoms with E-state index in [1.165, 1.54) is 12.1 Å². The molecule has 1 heterocycles. The van der Waals surface area contributed by atoms with Gasteiger partial charge >= 0.3 is 0 Å². The van der Waals surface area contributed by atoms with Gasteiger partial charge in [-0.1, -0.05) is 24.3 Å². The zero-order valence-electron chi connectivity index (χ0n) is 11.6. The molecule has 3 heteroatoms. The maximum absolute atomic E-state index is 12.8. The van der Waals surface area contributed by atoms with E-state index in [2.05, 4.69) is 11.0 Å². The molecule has 1 saturated carbocycles. The van der Waals surface area contributed by atoms with E-state index in [4.69, 9.17) is 0 Å². The van der Waals surface area contributed by atoms with Crippen LogP contribution in [0.2, 0.25) is 0 Å². The van der Waals surface area contributed by atoms with E-state index >= 15 is 0 Å². The first-order chi connectivity index (χ1) is 9.74. The van der Waals surface area contributed by atoms with E-state index in [0.29, 0.717) is 17.9 Å². The molecule has 1 unspecified atom stereocenters. The first kappa shape index (κ1) is 13.3. The van der Waals surface area contributed by atoms with Gasteiger partial charge in [0.1, 0.15) is 5.82 Å². The number of hydrogen-bond donors (Lipinski definition) is 0. The van der Waals surface area contributed by atoms with Gasteiger partial charge in [0.05, 0.1) is 0 Å². The summed E-state index contributed by atoms with van der Waals surface area (Å²) in [6, 6.07) is 6.84. The molecule has 1 amide bonds. The quantitative estimate of drug-likeness (QED) is 0.820. The Balaban J connectivity index is 1.56. The molecule has 2 nitrogen and oxygen atoms in total. The Labute approximate surface area is 119 Å². The fourth-order valence-corrected chi connectivity index (χ4v) is 2.87. The van der Waals surface area contributed by atoms with E-state index in [0.717, 1.165) is 44.2 Å². The molecule has 1 saturated heterocycles. The second kappa shape index (κ2) is 5.78. The third-order valence-electron chi connectivity index (χ3n) is 4.18. The van der Waals surface area contributed by atoms with Gasteiger partial charge in [0.25, 0.3) is 0 Å². The van der Waals surface area contributed by atoms with Crippen LogP contribution in [0.5, 0.6) is 0 Å². The normalized spacial score (nSPS) is 22.6. The molecule has 2 fully saturated rings. The Morgan fingerprint density at radius 2 is 2.00 bits per heavy atom. The minimum absolute atomic E-state index is 0.209. The lowest BCUT2D eigenvalue weighted by molar-refractivity contribution is -0.133. The maximum atomic E-state index is 12.8. The van der Waals surface area contributed by atoms with Crippen LogP contribution in [0.1, 0.15) is 37.7 Å². The Kier molecular flexibility index (Phi) is 3.86. The fourth-order valence-electron chi connectivity index (χ4n) is 2.87. The maximum Gasteiger partial charge on any atom is 0.225 e. The number of amides is 1. The van der Waals surface area contributed by atoms with Crippen molar-refractivity contribution in [3.8, 4) is 0 Å². The molecule has 1 aliphatic heterocycles. The van der Waals surface area contributed by atoms with E-state index in [1.807, 2.05) is 6.08 Å². The summed E-state index contributed by atoms with van der Waals surface area (Å²) < 4.78 is 12.8. The highest BCUT2D eigenvalue weighted by atomic mass is 19.1. The number of carbonyl (C=O) groups excluding carboxylic acids is 1. The molecule has 0 radical (unpaired) electrons. The Hall–Kier alpha value is -1.64. The van der Waals surface area contributed by atoms with Crippen molar-refractivity contribution < 1.29 is 9.18 Å². The Morgan fingerprint density at radius 1 is 1.25 bits per heavy atom. The molecule has 1 aromatic rings. The van der Waals surface area contributed by atoms with Crippen LogP contribution < -0.4 is 0 Å². The van der Waals surface area contributed by atoms with Crippen LogP contribution in [0, 0.1) is 11.7 Å². The van der Waals surface area contributed by atoms with Crippen LogP contribution in [0.25, 0.3) is 6.08 Å². The average Bonchev–Trinajstić information content (AvgIpc) is 3.20. The third-order valence-corrected chi connectivity index (χ3v) is 4.18. The largest absolute Gasteiger partial charge is 0.339 e. The standard InChI is InChI=1S/C17H20FNO/c18-15-10-6-13(7-11-15)3-1-4-16-5-2-12-19(16)17(20)14-8-9-14/h1,3,6-7,10-11,14,16H,2,4-5,8-9,12H2/b3-1+. The minimum Gasteiger partial charge on any atom is -0.339 e. The molecule has 0 spiro atoms. The van der Waals surface area contributed by atoms with E-state index in [-0.39, 0.29) is 5.82 Å². The fraction of sp³-hybridized carbons (Fsp3) is 0.471. The van der Waals surface area contributed by atoms with Crippen molar-refractivity contribution in [2.75, 3.05) is 6.54 Å². The molecular weight excluding hydrogens is 253 g/mol. The SMILES string of the molecule is O=C(C1CC1)N1CCCC1C/C=C/c1ccc(F)cc1. The Bertz CT molecular complexity index is 504. The van der Waals surface area contributed by atoms with Crippen LogP contribution in [-0.2, 0) is 4.79 Å². The van der Waals surface area contributed by atoms with Crippen molar-refractivity contribution in [3.05, 3.63) is 41.7 Å². The Morgan fingerprint density at radius 3 is 2.70 bits per heavy atom. The summed E-state index contributed by atoms with van der Waals surface area (Å²) in [5.74, 6) is 0.471. The van der Waals surface area contributed by atoms with Gasteiger partial charge in [0.15, 0.2) is 0 Å². The summed E-state index contributed by atoms with van der Waals surface area (Å²) in [5, 5.41) is 0. The smallest absolute Gasteiger partial charge is 0.225 e. The highest BCUT2D eigenvalue weighted by molar-refractivity contribution is 5.81. The molecule has 1 aromatic carbocycles. The zero-order chi connectivity index (χ0) is 13.9. The number of carbonyl (C=O) groups is 1. The number of likely N-dealkylation sites (tertiary alicyclic amines) is 1. The number of nitrogens with zero attached hydrogens (tertiary/aromatic N) is 1. The van der Waals surface area contributed by atoms with Crippen molar-refractivity contribution in [1.29, 1.82) is 0 Å². The summed E-state index contributed by atoms with van der Waals surface area (Å²) in [6.07, 6.45) is 9.39. The minimum atomic E-state index is -0.209. The number of benzene rings is 1. The van der Waals surface area contributed by atoms with E-state index in [9.17, 15) is 9.18 Å². The molecule has 1 aliphatic carbocycles. The van der Waals surface area contributed by atoms with Crippen LogP contribution in [-0.4, -0.2) is 23.4 Å². The van der Waals surface area contributed by atoms with E-state index < -0.39 is 0 Å². The van der Waals surface area contributed by atoms with Gasteiger partial charge in [-0.15, -0.1) is 0 Å². The summed E-state index contributed by atoms with van der Waals surface area (Å²) in [7, 11) is 0. The number of rotatable bonds is 4. The molecule has 1 atom stereocenters. The summed E-state index contributed by atoms with van der Waals surface area (Å²) >= 11 is 0. The molecular formula is C17H20FNO. The van der Waals surface area contributed by atoms with Gasteiger partial charge in [-0.2, -0.15) is 0 Å². The second-order valence-corrected chi connectivity index (χ2v) is 5.79. The van der Waals surface area contributed by atoms with Crippen molar-refractivity contribution in [3.63, 3.8) is 0 Å². The van der Waals surface area contributed by atoms with Gasteiger partial charge in [-0.05, 0) is 49.8 Å². The average molecular weight is 273 g/mol. The number of hydrogen-bond acceptors (Lipinski definition) is 1. The van der Waals surface area contributed by atoms with Crippen molar-refractivity contribution in [2.45, 2.75) is 38.1 Å². The third kappa shape index (κ3) is 3.09. The van der Waals surface area contributed by atoms with Gasteiger partial charge in [0, 0.05) is 18.5 Å². The lowest BCUT2D eigenvalue weighted by Gasteiger charge is -2.23. The van der Waals surface area contributed by atoms with E-state index in [1.54, 1.807) is 12.1 Å². The summed E-state index contributed by atoms with van der Waals surface area (Å²) in [6.45, 7) is 0.921. The molecule has 20 heavy (non-hydrogen) atoms. The summed E-state index contributed by atoms with van der Waals surface area (Å²) in [5.41, 5.74) is 1.00. The van der Waals surface area contributed by atoms with Crippen LogP contribution in [0.15, 0.2) is 30.3 Å².